The fourth-order valence-electron chi connectivity index (χ4n) is 2.19. The van der Waals surface area contributed by atoms with Gasteiger partial charge in [0, 0.05) is 5.92 Å². The number of unbranched alkanes of at least 4 members (excludes halogenated alkanes) is 3. The third-order valence-corrected chi connectivity index (χ3v) is 5.58. The summed E-state index contributed by atoms with van der Waals surface area (Å²) in [4.78, 5) is 11.8. The van der Waals surface area contributed by atoms with E-state index in [4.69, 9.17) is 0 Å². The largest absolute Gasteiger partial charge is 0.274 e. The number of rotatable bonds is 8. The fourth-order valence-corrected chi connectivity index (χ4v) is 3.54. The lowest BCUT2D eigenvalue weighted by Gasteiger charge is -2.04. The molecule has 2 fully saturated rings. The van der Waals surface area contributed by atoms with Crippen molar-refractivity contribution in [3.63, 3.8) is 0 Å². The van der Waals surface area contributed by atoms with E-state index in [1.54, 1.807) is 0 Å². The Morgan fingerprint density at radius 2 is 2.05 bits per heavy atom. The minimum atomic E-state index is -3.37. The molecule has 0 unspecified atom stereocenters. The van der Waals surface area contributed by atoms with Gasteiger partial charge in [0.05, 0.1) is 5.25 Å². The van der Waals surface area contributed by atoms with Crippen LogP contribution in [0, 0.1) is 11.8 Å². The van der Waals surface area contributed by atoms with Gasteiger partial charge in [-0.15, -0.1) is 0 Å². The molecule has 0 aromatic rings. The second-order valence-electron chi connectivity index (χ2n) is 5.64. The van der Waals surface area contributed by atoms with Crippen LogP contribution < -0.4 is 4.72 Å². The van der Waals surface area contributed by atoms with Crippen molar-refractivity contribution in [1.82, 2.24) is 4.72 Å². The third-order valence-electron chi connectivity index (χ3n) is 3.74. The summed E-state index contributed by atoms with van der Waals surface area (Å²) in [6.45, 7) is 2.17. The highest BCUT2D eigenvalue weighted by Crippen LogP contribution is 2.40. The molecular formula is C14H23NO3S. The Morgan fingerprint density at radius 1 is 1.32 bits per heavy atom. The van der Waals surface area contributed by atoms with Crippen LogP contribution in [0.4, 0.5) is 0 Å². The molecule has 0 radical (unpaired) electrons. The number of sulfonamides is 1. The molecule has 4 nitrogen and oxygen atoms in total. The highest BCUT2D eigenvalue weighted by molar-refractivity contribution is 7.90. The number of amides is 1. The van der Waals surface area contributed by atoms with Gasteiger partial charge in [-0.05, 0) is 38.0 Å². The van der Waals surface area contributed by atoms with Crippen molar-refractivity contribution in [1.29, 1.82) is 0 Å². The standard InChI is InChI=1S/C14H23NO3S/c1-2-3-4-5-6-7-11-10-13(11)14(16)15-19(17,18)12-8-9-12/h6-7,11-13H,2-5,8-10H2,1H3,(H,15,16)/b7-6-/t11-,13+/m1/s1. The smallest absolute Gasteiger partial charge is 0.237 e. The molecule has 0 aliphatic heterocycles. The van der Waals surface area contributed by atoms with Crippen LogP contribution in [0.3, 0.4) is 0 Å². The Bertz CT molecular complexity index is 451. The molecule has 0 aromatic heterocycles. The first-order valence-electron chi connectivity index (χ1n) is 7.26. The third kappa shape index (κ3) is 4.34. The average Bonchev–Trinajstić information content (AvgIpc) is 3.21. The number of carbonyl (C=O) groups excluding carboxylic acids is 1. The van der Waals surface area contributed by atoms with E-state index in [0.717, 1.165) is 12.8 Å². The second kappa shape index (κ2) is 6.07. The molecule has 0 spiro atoms. The van der Waals surface area contributed by atoms with Crippen LogP contribution in [0.1, 0.15) is 51.9 Å². The van der Waals surface area contributed by atoms with Gasteiger partial charge >= 0.3 is 0 Å². The van der Waals surface area contributed by atoms with Crippen LogP contribution in [-0.4, -0.2) is 19.6 Å². The lowest BCUT2D eigenvalue weighted by atomic mass is 10.2. The lowest BCUT2D eigenvalue weighted by molar-refractivity contribution is -0.120. The first-order chi connectivity index (χ1) is 9.04. The SMILES string of the molecule is CCCCC/C=C\[C@@H]1C[C@@H]1C(=O)NS(=O)(=O)C1CC1. The van der Waals surface area contributed by atoms with E-state index < -0.39 is 10.0 Å². The summed E-state index contributed by atoms with van der Waals surface area (Å²) in [5.74, 6) is -0.193. The summed E-state index contributed by atoms with van der Waals surface area (Å²) in [6.07, 6.45) is 11.1. The van der Waals surface area contributed by atoms with E-state index in [0.29, 0.717) is 12.8 Å². The summed E-state index contributed by atoms with van der Waals surface area (Å²) >= 11 is 0. The maximum Gasteiger partial charge on any atom is 0.237 e. The molecule has 2 aliphatic carbocycles. The average molecular weight is 285 g/mol. The molecule has 0 bridgehead atoms. The number of hydrogen-bond acceptors (Lipinski definition) is 3. The normalized spacial score (nSPS) is 26.6. The van der Waals surface area contributed by atoms with Crippen LogP contribution in [0.2, 0.25) is 0 Å². The summed E-state index contributed by atoms with van der Waals surface area (Å²) < 4.78 is 25.5. The maximum atomic E-state index is 11.8. The first-order valence-corrected chi connectivity index (χ1v) is 8.81. The Balaban J connectivity index is 1.69. The summed E-state index contributed by atoms with van der Waals surface area (Å²) in [5, 5.41) is -0.321. The minimum absolute atomic E-state index is 0.129. The van der Waals surface area contributed by atoms with Gasteiger partial charge < -0.3 is 0 Å². The van der Waals surface area contributed by atoms with E-state index >= 15 is 0 Å². The molecule has 2 saturated carbocycles. The zero-order chi connectivity index (χ0) is 13.9. The minimum Gasteiger partial charge on any atom is -0.274 e. The molecule has 108 valence electrons. The van der Waals surface area contributed by atoms with E-state index in [-0.39, 0.29) is 23.0 Å². The molecule has 2 aliphatic rings. The summed E-state index contributed by atoms with van der Waals surface area (Å²) in [7, 11) is -3.37. The van der Waals surface area contributed by atoms with Crippen molar-refractivity contribution in [2.75, 3.05) is 0 Å². The molecule has 19 heavy (non-hydrogen) atoms. The zero-order valence-corrected chi connectivity index (χ0v) is 12.3. The van der Waals surface area contributed by atoms with Crippen molar-refractivity contribution in [2.24, 2.45) is 11.8 Å². The van der Waals surface area contributed by atoms with Crippen molar-refractivity contribution in [3.8, 4) is 0 Å². The van der Waals surface area contributed by atoms with Gasteiger partial charge in [-0.2, -0.15) is 0 Å². The molecule has 1 N–H and O–H groups in total. The molecule has 1 amide bonds. The second-order valence-corrected chi connectivity index (χ2v) is 7.60. The summed E-state index contributed by atoms with van der Waals surface area (Å²) in [5.41, 5.74) is 0. The predicted octanol–water partition coefficient (Wildman–Crippen LogP) is 2.37. The van der Waals surface area contributed by atoms with Gasteiger partial charge in [-0.25, -0.2) is 8.42 Å². The highest BCUT2D eigenvalue weighted by Gasteiger charge is 2.44. The molecule has 2 atom stereocenters. The van der Waals surface area contributed by atoms with Gasteiger partial charge in [0.25, 0.3) is 0 Å². The van der Waals surface area contributed by atoms with E-state index in [1.165, 1.54) is 19.3 Å². The van der Waals surface area contributed by atoms with E-state index in [2.05, 4.69) is 23.8 Å². The van der Waals surface area contributed by atoms with Crippen molar-refractivity contribution in [2.45, 2.75) is 57.1 Å². The van der Waals surface area contributed by atoms with Crippen molar-refractivity contribution in [3.05, 3.63) is 12.2 Å². The molecule has 5 heteroatoms. The monoisotopic (exact) mass is 285 g/mol. The van der Waals surface area contributed by atoms with Gasteiger partial charge in [0.1, 0.15) is 0 Å². The van der Waals surface area contributed by atoms with E-state index in [1.807, 2.05) is 0 Å². The predicted molar refractivity (Wildman–Crippen MR) is 75.0 cm³/mol. The quantitative estimate of drug-likeness (QED) is 0.550. The highest BCUT2D eigenvalue weighted by atomic mass is 32.2. The number of carbonyl (C=O) groups is 1. The Morgan fingerprint density at radius 3 is 2.68 bits per heavy atom. The van der Waals surface area contributed by atoms with Crippen LogP contribution in [-0.2, 0) is 14.8 Å². The Kier molecular flexibility index (Phi) is 4.66. The maximum absolute atomic E-state index is 11.8. The van der Waals surface area contributed by atoms with Crippen molar-refractivity contribution < 1.29 is 13.2 Å². The van der Waals surface area contributed by atoms with Crippen LogP contribution in [0.25, 0.3) is 0 Å². The number of nitrogens with one attached hydrogen (secondary N) is 1. The molecule has 2 rings (SSSR count). The van der Waals surface area contributed by atoms with Gasteiger partial charge in [0.2, 0.25) is 15.9 Å². The molecule has 0 heterocycles. The molecule has 0 aromatic carbocycles. The zero-order valence-electron chi connectivity index (χ0n) is 11.5. The van der Waals surface area contributed by atoms with Gasteiger partial charge in [-0.3, -0.25) is 9.52 Å². The fraction of sp³-hybridized carbons (Fsp3) is 0.786. The lowest BCUT2D eigenvalue weighted by Crippen LogP contribution is -2.34. The number of hydrogen-bond donors (Lipinski definition) is 1. The topological polar surface area (TPSA) is 63.2 Å². The van der Waals surface area contributed by atoms with E-state index in [9.17, 15) is 13.2 Å². The Labute approximate surface area is 115 Å². The number of allylic oxidation sites excluding steroid dienone is 2. The molecule has 0 saturated heterocycles. The first kappa shape index (κ1) is 14.6. The summed E-state index contributed by atoms with van der Waals surface area (Å²) in [6, 6.07) is 0. The van der Waals surface area contributed by atoms with Crippen LogP contribution >= 0.6 is 0 Å². The van der Waals surface area contributed by atoms with Crippen LogP contribution in [0.5, 0.6) is 0 Å². The van der Waals surface area contributed by atoms with Gasteiger partial charge in [0.15, 0.2) is 0 Å². The van der Waals surface area contributed by atoms with Gasteiger partial charge in [-0.1, -0.05) is 31.9 Å². The van der Waals surface area contributed by atoms with Crippen LogP contribution in [0.15, 0.2) is 12.2 Å². The Hall–Kier alpha value is -0.840. The molecular weight excluding hydrogens is 262 g/mol. The van der Waals surface area contributed by atoms with Crippen molar-refractivity contribution >= 4 is 15.9 Å².